The van der Waals surface area contributed by atoms with Gasteiger partial charge in [-0.25, -0.2) is 0 Å². The van der Waals surface area contributed by atoms with Crippen molar-refractivity contribution in [2.75, 3.05) is 0 Å². The summed E-state index contributed by atoms with van der Waals surface area (Å²) in [5, 5.41) is 3.83. The zero-order valence-corrected chi connectivity index (χ0v) is 12.2. The van der Waals surface area contributed by atoms with Crippen molar-refractivity contribution in [3.63, 3.8) is 0 Å². The molecule has 0 radical (unpaired) electrons. The van der Waals surface area contributed by atoms with Crippen LogP contribution in [-0.4, -0.2) is 11.7 Å². The van der Waals surface area contributed by atoms with Crippen LogP contribution in [0, 0.1) is 0 Å². The number of nitrogens with one attached hydrogen (secondary N) is 1. The van der Waals surface area contributed by atoms with Crippen molar-refractivity contribution in [2.24, 2.45) is 0 Å². The largest absolute Gasteiger partial charge is 0.329 e. The van der Waals surface area contributed by atoms with E-state index in [1.54, 1.807) is 18.2 Å². The van der Waals surface area contributed by atoms with Crippen LogP contribution in [0.25, 0.3) is 0 Å². The van der Waals surface area contributed by atoms with E-state index in [-0.39, 0.29) is 24.0 Å². The van der Waals surface area contributed by atoms with Crippen molar-refractivity contribution in [2.45, 2.75) is 31.6 Å². The Balaban J connectivity index is 2.16. The molecule has 20 heavy (non-hydrogen) atoms. The second kappa shape index (κ2) is 5.23. The Bertz CT molecular complexity index is 617. The average Bonchev–Trinajstić information content (AvgIpc) is 2.38. The molecule has 1 aliphatic carbocycles. The van der Waals surface area contributed by atoms with Crippen LogP contribution in [-0.2, 0) is 9.59 Å². The van der Waals surface area contributed by atoms with Gasteiger partial charge in [0, 0.05) is 40.1 Å². The van der Waals surface area contributed by atoms with Crippen LogP contribution in [0.3, 0.4) is 0 Å². The highest BCUT2D eigenvalue weighted by atomic mass is 35.5. The first-order valence-corrected chi connectivity index (χ1v) is 7.33. The van der Waals surface area contributed by atoms with Crippen LogP contribution in [0.2, 0.25) is 10.0 Å². The highest BCUT2D eigenvalue weighted by Gasteiger charge is 2.36. The predicted molar refractivity (Wildman–Crippen MR) is 77.8 cm³/mol. The molecule has 1 N–H and O–H groups in total. The topological polar surface area (TPSA) is 46.2 Å². The van der Waals surface area contributed by atoms with Gasteiger partial charge in [0.05, 0.1) is 0 Å². The second-order valence-corrected chi connectivity index (χ2v) is 5.92. The number of carbonyl (C=O) groups is 2. The molecule has 1 amide bonds. The summed E-state index contributed by atoms with van der Waals surface area (Å²) in [4.78, 5) is 24.1. The maximum absolute atomic E-state index is 12.2. The van der Waals surface area contributed by atoms with Crippen molar-refractivity contribution in [3.05, 3.63) is 45.1 Å². The molecule has 0 unspecified atom stereocenters. The summed E-state index contributed by atoms with van der Waals surface area (Å²) >= 11 is 12.5. The van der Waals surface area contributed by atoms with Crippen LogP contribution in [0.5, 0.6) is 0 Å². The molecule has 3 rings (SSSR count). The monoisotopic (exact) mass is 309 g/mol. The van der Waals surface area contributed by atoms with Crippen LogP contribution in [0.15, 0.2) is 29.5 Å². The quantitative estimate of drug-likeness (QED) is 0.861. The minimum Gasteiger partial charge on any atom is -0.329 e. The zero-order valence-electron chi connectivity index (χ0n) is 10.7. The van der Waals surface area contributed by atoms with E-state index >= 15 is 0 Å². The van der Waals surface area contributed by atoms with Crippen LogP contribution < -0.4 is 5.32 Å². The molecule has 0 saturated heterocycles. The summed E-state index contributed by atoms with van der Waals surface area (Å²) in [6.07, 6.45) is 2.24. The number of amides is 1. The fourth-order valence-electron chi connectivity index (χ4n) is 2.99. The third-order valence-corrected chi connectivity index (χ3v) is 4.49. The maximum atomic E-state index is 12.2. The van der Waals surface area contributed by atoms with E-state index in [0.29, 0.717) is 27.6 Å². The third-order valence-electron chi connectivity index (χ3n) is 3.83. The van der Waals surface area contributed by atoms with Crippen molar-refractivity contribution in [1.82, 2.24) is 5.32 Å². The Kier molecular flexibility index (Phi) is 3.57. The minimum atomic E-state index is -0.326. The third kappa shape index (κ3) is 2.25. The number of hydrogen-bond acceptors (Lipinski definition) is 2. The zero-order chi connectivity index (χ0) is 14.3. The van der Waals surface area contributed by atoms with Gasteiger partial charge in [0.1, 0.15) is 0 Å². The van der Waals surface area contributed by atoms with Crippen molar-refractivity contribution in [3.8, 4) is 0 Å². The highest BCUT2D eigenvalue weighted by molar-refractivity contribution is 6.36. The van der Waals surface area contributed by atoms with Gasteiger partial charge in [-0.05, 0) is 30.5 Å². The predicted octanol–water partition coefficient (Wildman–Crippen LogP) is 3.60. The molecule has 104 valence electrons. The second-order valence-electron chi connectivity index (χ2n) is 5.11. The molecule has 0 aromatic heterocycles. The lowest BCUT2D eigenvalue weighted by Crippen LogP contribution is -2.36. The van der Waals surface area contributed by atoms with Crippen molar-refractivity contribution in [1.29, 1.82) is 0 Å². The molecule has 0 spiro atoms. The van der Waals surface area contributed by atoms with E-state index in [2.05, 4.69) is 5.32 Å². The van der Waals surface area contributed by atoms with E-state index in [9.17, 15) is 9.59 Å². The van der Waals surface area contributed by atoms with E-state index in [4.69, 9.17) is 23.2 Å². The minimum absolute atomic E-state index is 0.0839. The van der Waals surface area contributed by atoms with E-state index in [1.807, 2.05) is 0 Å². The normalized spacial score (nSPS) is 22.6. The lowest BCUT2D eigenvalue weighted by atomic mass is 9.78. The first kappa shape index (κ1) is 13.7. The number of ketones is 1. The Morgan fingerprint density at radius 1 is 1.10 bits per heavy atom. The number of Topliss-reactive ketones (excluding diaryl/α,β-unsaturated/α-hetero) is 1. The molecule has 1 atom stereocenters. The number of allylic oxidation sites excluding steroid dienone is 2. The Hall–Kier alpha value is -1.32. The standard InChI is InChI=1S/C15H13Cl2NO2/c16-9-3-1-4-10(17)14(9)8-7-13(20)18-11-5-2-6-12(19)15(8)11/h1,3-4,8H,2,5-7H2,(H,18,20)/t8-/m1/s1. The molecule has 1 heterocycles. The molecule has 5 heteroatoms. The summed E-state index contributed by atoms with van der Waals surface area (Å²) in [6.45, 7) is 0. The SMILES string of the molecule is O=C1C[C@H](c2c(Cl)cccc2Cl)C2=C(CCCC2=O)N1. The van der Waals surface area contributed by atoms with Gasteiger partial charge in [-0.15, -0.1) is 0 Å². The molecule has 1 aromatic rings. The van der Waals surface area contributed by atoms with Crippen molar-refractivity contribution < 1.29 is 9.59 Å². The molecule has 1 aliphatic heterocycles. The van der Waals surface area contributed by atoms with Gasteiger partial charge in [0.15, 0.2) is 5.78 Å². The molecule has 0 saturated carbocycles. The van der Waals surface area contributed by atoms with Gasteiger partial charge in [-0.2, -0.15) is 0 Å². The number of halogens is 2. The molecule has 2 aliphatic rings. The Morgan fingerprint density at radius 3 is 2.50 bits per heavy atom. The summed E-state index contributed by atoms with van der Waals surface area (Å²) in [7, 11) is 0. The lowest BCUT2D eigenvalue weighted by molar-refractivity contribution is -0.122. The fourth-order valence-corrected chi connectivity index (χ4v) is 3.66. The molecule has 3 nitrogen and oxygen atoms in total. The van der Waals surface area contributed by atoms with E-state index in [0.717, 1.165) is 18.5 Å². The summed E-state index contributed by atoms with van der Waals surface area (Å²) < 4.78 is 0. The summed E-state index contributed by atoms with van der Waals surface area (Å²) in [5.41, 5.74) is 2.12. The summed E-state index contributed by atoms with van der Waals surface area (Å²) in [6, 6.07) is 5.24. The molecule has 1 aromatic carbocycles. The summed E-state index contributed by atoms with van der Waals surface area (Å²) in [5.74, 6) is -0.320. The Labute approximate surface area is 126 Å². The van der Waals surface area contributed by atoms with Gasteiger partial charge < -0.3 is 5.32 Å². The van der Waals surface area contributed by atoms with Crippen LogP contribution >= 0.6 is 23.2 Å². The molecular weight excluding hydrogens is 297 g/mol. The van der Waals surface area contributed by atoms with Gasteiger partial charge in [0.2, 0.25) is 5.91 Å². The molecule has 0 bridgehead atoms. The first-order chi connectivity index (χ1) is 9.58. The highest BCUT2D eigenvalue weighted by Crippen LogP contribution is 2.43. The lowest BCUT2D eigenvalue weighted by Gasteiger charge is -2.31. The molecular formula is C15H13Cl2NO2. The van der Waals surface area contributed by atoms with Gasteiger partial charge in [-0.3, -0.25) is 9.59 Å². The van der Waals surface area contributed by atoms with Gasteiger partial charge in [0.25, 0.3) is 0 Å². The average molecular weight is 310 g/mol. The van der Waals surface area contributed by atoms with Crippen LogP contribution in [0.4, 0.5) is 0 Å². The number of hydrogen-bond donors (Lipinski definition) is 1. The first-order valence-electron chi connectivity index (χ1n) is 6.58. The Morgan fingerprint density at radius 2 is 1.80 bits per heavy atom. The fraction of sp³-hybridized carbons (Fsp3) is 0.333. The number of carbonyl (C=O) groups excluding carboxylic acids is 2. The smallest absolute Gasteiger partial charge is 0.225 e. The molecule has 0 fully saturated rings. The number of benzene rings is 1. The maximum Gasteiger partial charge on any atom is 0.225 e. The van der Waals surface area contributed by atoms with E-state index < -0.39 is 0 Å². The van der Waals surface area contributed by atoms with Crippen molar-refractivity contribution >= 4 is 34.9 Å². The van der Waals surface area contributed by atoms with Gasteiger partial charge in [-0.1, -0.05) is 29.3 Å². The van der Waals surface area contributed by atoms with Crippen LogP contribution in [0.1, 0.15) is 37.2 Å². The van der Waals surface area contributed by atoms with E-state index in [1.165, 1.54) is 0 Å². The van der Waals surface area contributed by atoms with Gasteiger partial charge >= 0.3 is 0 Å². The number of rotatable bonds is 1.